The van der Waals surface area contributed by atoms with Gasteiger partial charge in [-0.1, -0.05) is 12.8 Å². The Morgan fingerprint density at radius 3 is 2.75 bits per heavy atom. The summed E-state index contributed by atoms with van der Waals surface area (Å²) in [6, 6.07) is 4.45. The molecule has 1 aliphatic heterocycles. The average Bonchev–Trinajstić information content (AvgIpc) is 2.97. The van der Waals surface area contributed by atoms with Gasteiger partial charge >= 0.3 is 0 Å². The molecule has 110 valence electrons. The number of aliphatic hydroxyl groups excluding tert-OH is 1. The van der Waals surface area contributed by atoms with Crippen molar-refractivity contribution in [1.82, 2.24) is 5.32 Å². The fourth-order valence-electron chi connectivity index (χ4n) is 2.96. The second-order valence-electron chi connectivity index (χ2n) is 5.41. The van der Waals surface area contributed by atoms with E-state index in [0.29, 0.717) is 19.3 Å². The average molecular weight is 342 g/mol. The van der Waals surface area contributed by atoms with E-state index in [1.165, 1.54) is 25.7 Å². The van der Waals surface area contributed by atoms with Crippen LogP contribution in [0.5, 0.6) is 11.5 Å². The molecular formula is C15H20BrNO3. The Morgan fingerprint density at radius 1 is 1.25 bits per heavy atom. The molecule has 0 aromatic heterocycles. The second kappa shape index (κ2) is 6.33. The first-order valence-electron chi connectivity index (χ1n) is 7.24. The minimum Gasteiger partial charge on any atom is -0.486 e. The summed E-state index contributed by atoms with van der Waals surface area (Å²) in [6.45, 7) is 1.24. The third-order valence-electron chi connectivity index (χ3n) is 4.00. The Hall–Kier alpha value is -0.780. The summed E-state index contributed by atoms with van der Waals surface area (Å²) < 4.78 is 12.1. The standard InChI is InChI=1S/C15H20BrNO3/c16-12-7-10(8-14-15(12)20-6-5-19-14)13(9-18)17-11-3-1-2-4-11/h7-8,11,13,17-18H,1-6,9H2. The molecule has 1 heterocycles. The van der Waals surface area contributed by atoms with E-state index in [-0.39, 0.29) is 12.6 Å². The minimum absolute atomic E-state index is 0.0507. The number of aliphatic hydroxyl groups is 1. The van der Waals surface area contributed by atoms with Gasteiger partial charge in [0, 0.05) is 6.04 Å². The molecule has 0 spiro atoms. The molecule has 3 rings (SSSR count). The molecule has 1 unspecified atom stereocenters. The monoisotopic (exact) mass is 341 g/mol. The molecule has 0 bridgehead atoms. The van der Waals surface area contributed by atoms with Crippen molar-refractivity contribution in [2.24, 2.45) is 0 Å². The van der Waals surface area contributed by atoms with Crippen molar-refractivity contribution in [2.45, 2.75) is 37.8 Å². The Labute approximate surface area is 127 Å². The lowest BCUT2D eigenvalue weighted by atomic mass is 10.0. The van der Waals surface area contributed by atoms with Crippen molar-refractivity contribution in [1.29, 1.82) is 0 Å². The van der Waals surface area contributed by atoms with Gasteiger partial charge in [-0.3, -0.25) is 0 Å². The third-order valence-corrected chi connectivity index (χ3v) is 4.59. The molecule has 5 heteroatoms. The highest BCUT2D eigenvalue weighted by Crippen LogP contribution is 2.40. The number of hydrogen-bond acceptors (Lipinski definition) is 4. The van der Waals surface area contributed by atoms with E-state index in [4.69, 9.17) is 9.47 Å². The maximum atomic E-state index is 9.68. The third kappa shape index (κ3) is 2.95. The molecule has 2 aliphatic rings. The Kier molecular flexibility index (Phi) is 4.48. The molecule has 1 atom stereocenters. The van der Waals surface area contributed by atoms with Gasteiger partial charge < -0.3 is 19.9 Å². The van der Waals surface area contributed by atoms with Crippen LogP contribution in [0, 0.1) is 0 Å². The molecule has 4 nitrogen and oxygen atoms in total. The van der Waals surface area contributed by atoms with Gasteiger partial charge in [-0.15, -0.1) is 0 Å². The molecule has 1 saturated carbocycles. The molecular weight excluding hydrogens is 322 g/mol. The molecule has 1 aromatic carbocycles. The van der Waals surface area contributed by atoms with Gasteiger partial charge in [0.15, 0.2) is 11.5 Å². The lowest BCUT2D eigenvalue weighted by Crippen LogP contribution is -2.32. The summed E-state index contributed by atoms with van der Waals surface area (Å²) >= 11 is 3.53. The van der Waals surface area contributed by atoms with Crippen LogP contribution in [-0.2, 0) is 0 Å². The highest BCUT2D eigenvalue weighted by atomic mass is 79.9. The van der Waals surface area contributed by atoms with Gasteiger partial charge in [0.25, 0.3) is 0 Å². The molecule has 1 fully saturated rings. The topological polar surface area (TPSA) is 50.7 Å². The first-order valence-corrected chi connectivity index (χ1v) is 8.03. The van der Waals surface area contributed by atoms with E-state index < -0.39 is 0 Å². The first kappa shape index (κ1) is 14.2. The zero-order valence-corrected chi connectivity index (χ0v) is 13.0. The van der Waals surface area contributed by atoms with Crippen molar-refractivity contribution in [3.63, 3.8) is 0 Å². The van der Waals surface area contributed by atoms with Gasteiger partial charge in [-0.25, -0.2) is 0 Å². The minimum atomic E-state index is -0.0507. The van der Waals surface area contributed by atoms with Crippen LogP contribution < -0.4 is 14.8 Å². The summed E-state index contributed by atoms with van der Waals surface area (Å²) in [7, 11) is 0. The number of nitrogens with one attached hydrogen (secondary N) is 1. The van der Waals surface area contributed by atoms with E-state index in [1.807, 2.05) is 12.1 Å². The first-order chi connectivity index (χ1) is 9.78. The van der Waals surface area contributed by atoms with E-state index in [0.717, 1.165) is 21.5 Å². The van der Waals surface area contributed by atoms with Crippen LogP contribution in [-0.4, -0.2) is 31.0 Å². The van der Waals surface area contributed by atoms with Crippen LogP contribution in [0.15, 0.2) is 16.6 Å². The maximum Gasteiger partial charge on any atom is 0.175 e. The summed E-state index contributed by atoms with van der Waals surface area (Å²) in [4.78, 5) is 0. The molecule has 0 radical (unpaired) electrons. The summed E-state index contributed by atoms with van der Waals surface area (Å²) in [5.41, 5.74) is 1.04. The quantitative estimate of drug-likeness (QED) is 0.884. The van der Waals surface area contributed by atoms with Gasteiger partial charge in [-0.05, 0) is 46.5 Å². The van der Waals surface area contributed by atoms with Gasteiger partial charge in [-0.2, -0.15) is 0 Å². The smallest absolute Gasteiger partial charge is 0.175 e. The van der Waals surface area contributed by atoms with E-state index in [9.17, 15) is 5.11 Å². The van der Waals surface area contributed by atoms with Crippen molar-refractivity contribution < 1.29 is 14.6 Å². The fraction of sp³-hybridized carbons (Fsp3) is 0.600. The van der Waals surface area contributed by atoms with Gasteiger partial charge in [0.05, 0.1) is 17.1 Å². The van der Waals surface area contributed by atoms with Crippen molar-refractivity contribution >= 4 is 15.9 Å². The van der Waals surface area contributed by atoms with E-state index >= 15 is 0 Å². The SMILES string of the molecule is OCC(NC1CCCC1)c1cc(Br)c2c(c1)OCCO2. The van der Waals surface area contributed by atoms with Crippen LogP contribution in [0.4, 0.5) is 0 Å². The zero-order valence-electron chi connectivity index (χ0n) is 11.4. The van der Waals surface area contributed by atoms with Crippen molar-refractivity contribution in [2.75, 3.05) is 19.8 Å². The van der Waals surface area contributed by atoms with Crippen LogP contribution in [0.2, 0.25) is 0 Å². The maximum absolute atomic E-state index is 9.68. The normalized spacial score (nSPS) is 20.1. The molecule has 1 aromatic rings. The van der Waals surface area contributed by atoms with Crippen LogP contribution in [0.1, 0.15) is 37.3 Å². The van der Waals surface area contributed by atoms with Crippen LogP contribution in [0.25, 0.3) is 0 Å². The summed E-state index contributed by atoms with van der Waals surface area (Å²) in [5, 5.41) is 13.2. The zero-order chi connectivity index (χ0) is 13.9. The largest absolute Gasteiger partial charge is 0.486 e. The molecule has 0 saturated heterocycles. The van der Waals surface area contributed by atoms with Crippen molar-refractivity contribution in [3.05, 3.63) is 22.2 Å². The summed E-state index contributed by atoms with van der Waals surface area (Å²) in [6.07, 6.45) is 4.95. The second-order valence-corrected chi connectivity index (χ2v) is 6.26. The Bertz CT molecular complexity index is 474. The van der Waals surface area contributed by atoms with E-state index in [1.54, 1.807) is 0 Å². The molecule has 1 aliphatic carbocycles. The van der Waals surface area contributed by atoms with Crippen LogP contribution >= 0.6 is 15.9 Å². The summed E-state index contributed by atoms with van der Waals surface area (Å²) in [5.74, 6) is 1.52. The highest BCUT2D eigenvalue weighted by Gasteiger charge is 2.23. The number of ether oxygens (including phenoxy) is 2. The number of benzene rings is 1. The lowest BCUT2D eigenvalue weighted by molar-refractivity contribution is 0.169. The predicted molar refractivity (Wildman–Crippen MR) is 80.4 cm³/mol. The van der Waals surface area contributed by atoms with Gasteiger partial charge in [0.1, 0.15) is 13.2 Å². The number of rotatable bonds is 4. The molecule has 0 amide bonds. The molecule has 2 N–H and O–H groups in total. The van der Waals surface area contributed by atoms with E-state index in [2.05, 4.69) is 21.2 Å². The Balaban J connectivity index is 1.81. The highest BCUT2D eigenvalue weighted by molar-refractivity contribution is 9.10. The number of halogens is 1. The Morgan fingerprint density at radius 2 is 2.00 bits per heavy atom. The fourth-order valence-corrected chi connectivity index (χ4v) is 3.54. The number of fused-ring (bicyclic) bond motifs is 1. The molecule has 20 heavy (non-hydrogen) atoms. The number of hydrogen-bond donors (Lipinski definition) is 2. The van der Waals surface area contributed by atoms with Crippen LogP contribution in [0.3, 0.4) is 0 Å². The predicted octanol–water partition coefficient (Wildman–Crippen LogP) is 2.79. The van der Waals surface area contributed by atoms with Crippen molar-refractivity contribution in [3.8, 4) is 11.5 Å². The van der Waals surface area contributed by atoms with Gasteiger partial charge in [0.2, 0.25) is 0 Å². The lowest BCUT2D eigenvalue weighted by Gasteiger charge is -2.25.